The Morgan fingerprint density at radius 3 is 2.52 bits per heavy atom. The summed E-state index contributed by atoms with van der Waals surface area (Å²) in [4.78, 5) is 11.9. The van der Waals surface area contributed by atoms with Crippen molar-refractivity contribution in [3.05, 3.63) is 71.3 Å². The van der Waals surface area contributed by atoms with Crippen molar-refractivity contribution in [1.29, 1.82) is 0 Å². The molecule has 0 saturated heterocycles. The molecular formula is C21H22O2. The number of carbonyl (C=O) groups excluding carboxylic acids is 1. The quantitative estimate of drug-likeness (QED) is 0.733. The van der Waals surface area contributed by atoms with E-state index in [1.165, 1.54) is 22.3 Å². The molecule has 0 N–H and O–H groups in total. The molecule has 3 rings (SSSR count). The minimum Gasteiger partial charge on any atom is -0.466 e. The van der Waals surface area contributed by atoms with Crippen molar-refractivity contribution in [2.45, 2.75) is 26.2 Å². The summed E-state index contributed by atoms with van der Waals surface area (Å²) in [5.74, 6) is 0.318. The highest BCUT2D eigenvalue weighted by Crippen LogP contribution is 2.46. The maximum absolute atomic E-state index is 11.9. The maximum atomic E-state index is 11.9. The summed E-state index contributed by atoms with van der Waals surface area (Å²) in [5.41, 5.74) is 5.09. The molecule has 2 aromatic rings. The Morgan fingerprint density at radius 2 is 1.78 bits per heavy atom. The van der Waals surface area contributed by atoms with Crippen LogP contribution >= 0.6 is 0 Å². The van der Waals surface area contributed by atoms with Crippen molar-refractivity contribution in [1.82, 2.24) is 0 Å². The number of ether oxygens (including phenoxy) is 1. The van der Waals surface area contributed by atoms with Crippen LogP contribution in [0.15, 0.2) is 54.6 Å². The van der Waals surface area contributed by atoms with Gasteiger partial charge in [0.2, 0.25) is 0 Å². The van der Waals surface area contributed by atoms with Crippen LogP contribution in [0.25, 0.3) is 11.6 Å². The van der Waals surface area contributed by atoms with Crippen LogP contribution in [0.1, 0.15) is 42.9 Å². The molecule has 0 saturated carbocycles. The Bertz CT molecular complexity index is 716. The van der Waals surface area contributed by atoms with Gasteiger partial charge in [0, 0.05) is 12.3 Å². The van der Waals surface area contributed by atoms with E-state index in [9.17, 15) is 4.79 Å². The van der Waals surface area contributed by atoms with E-state index in [1.807, 2.05) is 13.0 Å². The van der Waals surface area contributed by atoms with Gasteiger partial charge in [0.1, 0.15) is 0 Å². The predicted molar refractivity (Wildman–Crippen MR) is 93.9 cm³/mol. The van der Waals surface area contributed by atoms with Crippen molar-refractivity contribution in [2.24, 2.45) is 5.92 Å². The Morgan fingerprint density at radius 1 is 1.09 bits per heavy atom. The van der Waals surface area contributed by atoms with Gasteiger partial charge in [0.05, 0.1) is 6.61 Å². The molecule has 0 bridgehead atoms. The van der Waals surface area contributed by atoms with E-state index in [0.717, 1.165) is 0 Å². The molecule has 118 valence electrons. The Labute approximate surface area is 137 Å². The largest absolute Gasteiger partial charge is 0.466 e. The fourth-order valence-corrected chi connectivity index (χ4v) is 3.46. The molecule has 0 heterocycles. The molecule has 0 amide bonds. The third-order valence-electron chi connectivity index (χ3n) is 4.45. The molecule has 1 aliphatic carbocycles. The van der Waals surface area contributed by atoms with E-state index in [4.69, 9.17) is 4.74 Å². The average Bonchev–Trinajstić information content (AvgIpc) is 2.95. The van der Waals surface area contributed by atoms with Crippen LogP contribution in [0, 0.1) is 5.92 Å². The fourth-order valence-electron chi connectivity index (χ4n) is 3.46. The van der Waals surface area contributed by atoms with E-state index in [2.05, 4.69) is 61.5 Å². The van der Waals surface area contributed by atoms with Gasteiger partial charge in [-0.2, -0.15) is 0 Å². The lowest BCUT2D eigenvalue weighted by atomic mass is 9.80. The molecule has 2 atom stereocenters. The van der Waals surface area contributed by atoms with Gasteiger partial charge < -0.3 is 4.74 Å². The second-order valence-electron chi connectivity index (χ2n) is 6.06. The molecule has 23 heavy (non-hydrogen) atoms. The molecule has 0 aliphatic heterocycles. The fraction of sp³-hybridized carbons (Fsp3) is 0.286. The van der Waals surface area contributed by atoms with Crippen molar-refractivity contribution >= 4 is 17.6 Å². The average molecular weight is 306 g/mol. The van der Waals surface area contributed by atoms with Crippen LogP contribution in [0.4, 0.5) is 0 Å². The maximum Gasteiger partial charge on any atom is 0.306 e. The van der Waals surface area contributed by atoms with Crippen LogP contribution in [-0.2, 0) is 9.53 Å². The highest BCUT2D eigenvalue weighted by molar-refractivity contribution is 5.92. The van der Waals surface area contributed by atoms with Gasteiger partial charge in [-0.25, -0.2) is 0 Å². The van der Waals surface area contributed by atoms with Crippen molar-refractivity contribution in [2.75, 3.05) is 6.61 Å². The molecule has 0 aromatic heterocycles. The zero-order chi connectivity index (χ0) is 16.2. The number of carbonyl (C=O) groups is 1. The predicted octanol–water partition coefficient (Wildman–Crippen LogP) is 4.91. The van der Waals surface area contributed by atoms with Crippen molar-refractivity contribution in [3.8, 4) is 0 Å². The van der Waals surface area contributed by atoms with Gasteiger partial charge in [0.15, 0.2) is 0 Å². The lowest BCUT2D eigenvalue weighted by molar-refractivity contribution is -0.144. The standard InChI is InChI=1S/C21H22O2/c1-3-23-20(22)13-15(2)21-18-12-8-7-11-17(18)14-19(21)16-9-5-4-6-10-16/h4-12,14-15,21H,3,13H2,1-2H3. The first-order valence-electron chi connectivity index (χ1n) is 8.22. The Hall–Kier alpha value is -2.35. The first-order chi connectivity index (χ1) is 11.2. The van der Waals surface area contributed by atoms with Crippen LogP contribution in [-0.4, -0.2) is 12.6 Å². The summed E-state index contributed by atoms with van der Waals surface area (Å²) in [6.45, 7) is 4.43. The summed E-state index contributed by atoms with van der Waals surface area (Å²) < 4.78 is 5.14. The minimum atomic E-state index is -0.114. The molecule has 1 aliphatic rings. The second kappa shape index (κ2) is 6.82. The van der Waals surface area contributed by atoms with Crippen molar-refractivity contribution < 1.29 is 9.53 Å². The molecular weight excluding hydrogens is 284 g/mol. The van der Waals surface area contributed by atoms with Gasteiger partial charge >= 0.3 is 5.97 Å². The second-order valence-corrected chi connectivity index (χ2v) is 6.06. The lowest BCUT2D eigenvalue weighted by Gasteiger charge is -2.24. The smallest absolute Gasteiger partial charge is 0.306 e. The van der Waals surface area contributed by atoms with Gasteiger partial charge in [-0.15, -0.1) is 0 Å². The van der Waals surface area contributed by atoms with Crippen LogP contribution < -0.4 is 0 Å². The summed E-state index contributed by atoms with van der Waals surface area (Å²) >= 11 is 0. The molecule has 0 radical (unpaired) electrons. The van der Waals surface area contributed by atoms with E-state index in [0.29, 0.717) is 13.0 Å². The topological polar surface area (TPSA) is 26.3 Å². The zero-order valence-corrected chi connectivity index (χ0v) is 13.7. The third kappa shape index (κ3) is 3.21. The van der Waals surface area contributed by atoms with Crippen LogP contribution in [0.5, 0.6) is 0 Å². The number of hydrogen-bond donors (Lipinski definition) is 0. The molecule has 0 spiro atoms. The van der Waals surface area contributed by atoms with Gasteiger partial charge in [0.25, 0.3) is 0 Å². The zero-order valence-electron chi connectivity index (χ0n) is 13.7. The number of esters is 1. The summed E-state index contributed by atoms with van der Waals surface area (Å²) in [6.07, 6.45) is 2.70. The summed E-state index contributed by atoms with van der Waals surface area (Å²) in [5, 5.41) is 0. The van der Waals surface area contributed by atoms with Gasteiger partial charge in [-0.1, -0.05) is 67.6 Å². The molecule has 2 aromatic carbocycles. The van der Waals surface area contributed by atoms with Gasteiger partial charge in [-0.3, -0.25) is 4.79 Å². The molecule has 0 fully saturated rings. The third-order valence-corrected chi connectivity index (χ3v) is 4.45. The molecule has 2 unspecified atom stereocenters. The number of rotatable bonds is 5. The van der Waals surface area contributed by atoms with Crippen molar-refractivity contribution in [3.63, 3.8) is 0 Å². The molecule has 2 heteroatoms. The highest BCUT2D eigenvalue weighted by Gasteiger charge is 2.31. The Balaban J connectivity index is 1.94. The lowest BCUT2D eigenvalue weighted by Crippen LogP contribution is -2.16. The Kier molecular flexibility index (Phi) is 4.61. The van der Waals surface area contributed by atoms with E-state index in [-0.39, 0.29) is 17.8 Å². The molecule has 2 nitrogen and oxygen atoms in total. The first-order valence-corrected chi connectivity index (χ1v) is 8.22. The number of allylic oxidation sites excluding steroid dienone is 1. The highest BCUT2D eigenvalue weighted by atomic mass is 16.5. The number of hydrogen-bond acceptors (Lipinski definition) is 2. The van der Waals surface area contributed by atoms with Gasteiger partial charge in [-0.05, 0) is 35.1 Å². The van der Waals surface area contributed by atoms with E-state index in [1.54, 1.807) is 0 Å². The summed E-state index contributed by atoms with van der Waals surface area (Å²) in [7, 11) is 0. The summed E-state index contributed by atoms with van der Waals surface area (Å²) in [6, 6.07) is 18.9. The van der Waals surface area contributed by atoms with E-state index < -0.39 is 0 Å². The monoisotopic (exact) mass is 306 g/mol. The number of fused-ring (bicyclic) bond motifs is 1. The first kappa shape index (κ1) is 15.5. The SMILES string of the molecule is CCOC(=O)CC(C)C1C(c2ccccc2)=Cc2ccccc21. The normalized spacial score (nSPS) is 17.3. The minimum absolute atomic E-state index is 0.114. The van der Waals surface area contributed by atoms with E-state index >= 15 is 0 Å². The van der Waals surface area contributed by atoms with Crippen LogP contribution in [0.2, 0.25) is 0 Å². The number of benzene rings is 2. The van der Waals surface area contributed by atoms with Crippen LogP contribution in [0.3, 0.4) is 0 Å².